The molecule has 0 fully saturated rings. The fourth-order valence-corrected chi connectivity index (χ4v) is 2.52. The van der Waals surface area contributed by atoms with Crippen LogP contribution in [0.1, 0.15) is 91.9 Å². The summed E-state index contributed by atoms with van der Waals surface area (Å²) in [5.41, 5.74) is -0.663. The maximum absolute atomic E-state index is 11.6. The normalized spacial score (nSPS) is 12.6. The number of hydrogen-bond donors (Lipinski definition) is 2. The van der Waals surface area contributed by atoms with E-state index in [4.69, 9.17) is 14.6 Å². The van der Waals surface area contributed by atoms with Gasteiger partial charge in [-0.1, -0.05) is 64.7 Å². The van der Waals surface area contributed by atoms with E-state index in [1.165, 1.54) is 51.4 Å². The Morgan fingerprint density at radius 2 is 1.42 bits per heavy atom. The first kappa shape index (κ1) is 24.7. The molecule has 0 aliphatic heterocycles. The van der Waals surface area contributed by atoms with E-state index in [-0.39, 0.29) is 6.61 Å². The van der Waals surface area contributed by atoms with Crippen molar-refractivity contribution in [2.45, 2.75) is 104 Å². The molecule has 0 unspecified atom stereocenters. The summed E-state index contributed by atoms with van der Waals surface area (Å²) in [6.07, 6.45) is 11.7. The summed E-state index contributed by atoms with van der Waals surface area (Å²) in [5, 5.41) is 11.5. The average molecular weight is 374 g/mol. The van der Waals surface area contributed by atoms with Gasteiger partial charge in [0.25, 0.3) is 0 Å². The van der Waals surface area contributed by atoms with Crippen molar-refractivity contribution in [1.29, 1.82) is 0 Å². The van der Waals surface area contributed by atoms with Gasteiger partial charge in [-0.2, -0.15) is 0 Å². The van der Waals surface area contributed by atoms with Gasteiger partial charge in [0.15, 0.2) is 6.04 Å². The summed E-state index contributed by atoms with van der Waals surface area (Å²) in [6, 6.07) is -1.09. The van der Waals surface area contributed by atoms with Gasteiger partial charge >= 0.3 is 12.1 Å². The van der Waals surface area contributed by atoms with Gasteiger partial charge < -0.3 is 19.9 Å². The van der Waals surface area contributed by atoms with Gasteiger partial charge in [0.05, 0.1) is 6.61 Å². The minimum absolute atomic E-state index is 0.0496. The Morgan fingerprint density at radius 1 is 0.923 bits per heavy atom. The number of carbonyl (C=O) groups is 2. The van der Waals surface area contributed by atoms with Crippen LogP contribution in [0.25, 0.3) is 0 Å². The number of nitrogens with one attached hydrogen (secondary N) is 1. The molecule has 1 atom stereocenters. The molecule has 0 saturated heterocycles. The van der Waals surface area contributed by atoms with Crippen LogP contribution in [0.4, 0.5) is 4.79 Å². The zero-order valence-electron chi connectivity index (χ0n) is 17.1. The highest BCUT2D eigenvalue weighted by atomic mass is 16.6. The zero-order chi connectivity index (χ0) is 19.8. The third-order valence-electron chi connectivity index (χ3n) is 3.92. The molecule has 6 heteroatoms. The lowest BCUT2D eigenvalue weighted by atomic mass is 10.1. The zero-order valence-corrected chi connectivity index (χ0v) is 17.1. The van der Waals surface area contributed by atoms with E-state index < -0.39 is 23.7 Å². The number of carboxylic acids is 1. The number of alkyl carbamates (subject to hydrolysis) is 1. The van der Waals surface area contributed by atoms with Crippen molar-refractivity contribution >= 4 is 12.1 Å². The van der Waals surface area contributed by atoms with Gasteiger partial charge in [-0.25, -0.2) is 9.59 Å². The Hall–Kier alpha value is -1.30. The molecule has 6 nitrogen and oxygen atoms in total. The van der Waals surface area contributed by atoms with Gasteiger partial charge in [0.2, 0.25) is 0 Å². The quantitative estimate of drug-likeness (QED) is 0.399. The minimum atomic E-state index is -1.13. The van der Waals surface area contributed by atoms with Gasteiger partial charge in [0, 0.05) is 6.61 Å². The van der Waals surface area contributed by atoms with Crippen LogP contribution in [0.5, 0.6) is 0 Å². The largest absolute Gasteiger partial charge is 0.480 e. The first-order valence-electron chi connectivity index (χ1n) is 10.1. The van der Waals surface area contributed by atoms with Crippen LogP contribution >= 0.6 is 0 Å². The van der Waals surface area contributed by atoms with Gasteiger partial charge in [-0.05, 0) is 27.2 Å². The minimum Gasteiger partial charge on any atom is -0.480 e. The van der Waals surface area contributed by atoms with Crippen molar-refractivity contribution in [2.24, 2.45) is 0 Å². The SMILES string of the molecule is CCCCCCCCCCCCOC[C@H](NC(=O)OC(C)(C)C)C(=O)O. The predicted molar refractivity (Wildman–Crippen MR) is 103 cm³/mol. The monoisotopic (exact) mass is 373 g/mol. The van der Waals surface area contributed by atoms with E-state index in [1.807, 2.05) is 0 Å². The van der Waals surface area contributed by atoms with Crippen LogP contribution < -0.4 is 5.32 Å². The number of hydrogen-bond acceptors (Lipinski definition) is 4. The van der Waals surface area contributed by atoms with Crippen molar-refractivity contribution in [1.82, 2.24) is 5.32 Å². The van der Waals surface area contributed by atoms with Crippen LogP contribution in [0, 0.1) is 0 Å². The molecule has 0 rings (SSSR count). The summed E-state index contributed by atoms with van der Waals surface area (Å²) in [6.45, 7) is 7.87. The highest BCUT2D eigenvalue weighted by Crippen LogP contribution is 2.10. The standard InChI is InChI=1S/C20H39NO5/c1-5-6-7-8-9-10-11-12-13-14-15-25-16-17(18(22)23)21-19(24)26-20(2,3)4/h17H,5-16H2,1-4H3,(H,21,24)(H,22,23)/t17-/m0/s1. The summed E-state index contributed by atoms with van der Waals surface area (Å²) in [5.74, 6) is -1.13. The Balaban J connectivity index is 3.66. The van der Waals surface area contributed by atoms with E-state index >= 15 is 0 Å². The summed E-state index contributed by atoms with van der Waals surface area (Å²) < 4.78 is 10.5. The molecule has 2 N–H and O–H groups in total. The Labute approximate surface area is 159 Å². The molecule has 154 valence electrons. The molecule has 0 spiro atoms. The van der Waals surface area contributed by atoms with Gasteiger partial charge in [-0.3, -0.25) is 0 Å². The van der Waals surface area contributed by atoms with Crippen molar-refractivity contribution < 1.29 is 24.2 Å². The van der Waals surface area contributed by atoms with Crippen LogP contribution in [-0.2, 0) is 14.3 Å². The van der Waals surface area contributed by atoms with Crippen molar-refractivity contribution in [3.05, 3.63) is 0 Å². The Kier molecular flexibility index (Phi) is 14.1. The Bertz CT molecular complexity index is 379. The first-order chi connectivity index (χ1) is 12.3. The van der Waals surface area contributed by atoms with E-state index in [0.29, 0.717) is 6.61 Å². The summed E-state index contributed by atoms with van der Waals surface area (Å²) >= 11 is 0. The molecule has 1 amide bonds. The molecule has 0 aromatic rings. The Morgan fingerprint density at radius 3 is 1.88 bits per heavy atom. The lowest BCUT2D eigenvalue weighted by Crippen LogP contribution is -2.46. The highest BCUT2D eigenvalue weighted by molar-refractivity contribution is 5.80. The second kappa shape index (κ2) is 14.8. The first-order valence-corrected chi connectivity index (χ1v) is 10.1. The molecular formula is C20H39NO5. The topological polar surface area (TPSA) is 84.9 Å². The van der Waals surface area contributed by atoms with E-state index in [9.17, 15) is 9.59 Å². The number of aliphatic carboxylic acids is 1. The molecule has 0 aliphatic rings. The summed E-state index contributed by atoms with van der Waals surface area (Å²) in [4.78, 5) is 22.8. The second-order valence-electron chi connectivity index (χ2n) is 7.79. The van der Waals surface area contributed by atoms with Crippen LogP contribution in [-0.4, -0.2) is 42.0 Å². The maximum Gasteiger partial charge on any atom is 0.408 e. The third-order valence-corrected chi connectivity index (χ3v) is 3.92. The molecular weight excluding hydrogens is 334 g/mol. The number of rotatable bonds is 15. The summed E-state index contributed by atoms with van der Waals surface area (Å²) in [7, 11) is 0. The average Bonchev–Trinajstić information content (AvgIpc) is 2.52. The van der Waals surface area contributed by atoms with E-state index in [1.54, 1.807) is 20.8 Å². The van der Waals surface area contributed by atoms with Crippen molar-refractivity contribution in [3.8, 4) is 0 Å². The van der Waals surface area contributed by atoms with Crippen LogP contribution in [0.2, 0.25) is 0 Å². The number of carboxylic acid groups (broad SMARTS) is 1. The molecule has 0 bridgehead atoms. The van der Waals surface area contributed by atoms with E-state index in [0.717, 1.165) is 12.8 Å². The number of carbonyl (C=O) groups excluding carboxylic acids is 1. The molecule has 0 saturated carbocycles. The van der Waals surface area contributed by atoms with Crippen LogP contribution in [0.3, 0.4) is 0 Å². The smallest absolute Gasteiger partial charge is 0.408 e. The number of amides is 1. The van der Waals surface area contributed by atoms with Crippen LogP contribution in [0.15, 0.2) is 0 Å². The molecule has 0 radical (unpaired) electrons. The lowest BCUT2D eigenvalue weighted by Gasteiger charge is -2.22. The predicted octanol–water partition coefficient (Wildman–Crippen LogP) is 4.90. The third kappa shape index (κ3) is 16.2. The molecule has 0 aromatic carbocycles. The second-order valence-corrected chi connectivity index (χ2v) is 7.79. The molecule has 0 aromatic heterocycles. The molecule has 26 heavy (non-hydrogen) atoms. The lowest BCUT2D eigenvalue weighted by molar-refractivity contribution is -0.141. The number of ether oxygens (including phenoxy) is 2. The highest BCUT2D eigenvalue weighted by Gasteiger charge is 2.23. The molecule has 0 aliphatic carbocycles. The van der Waals surface area contributed by atoms with Crippen molar-refractivity contribution in [3.63, 3.8) is 0 Å². The van der Waals surface area contributed by atoms with Gasteiger partial charge in [-0.15, -0.1) is 0 Å². The van der Waals surface area contributed by atoms with Crippen molar-refractivity contribution in [2.75, 3.05) is 13.2 Å². The maximum atomic E-state index is 11.6. The number of unbranched alkanes of at least 4 members (excludes halogenated alkanes) is 9. The fourth-order valence-electron chi connectivity index (χ4n) is 2.52. The van der Waals surface area contributed by atoms with E-state index in [2.05, 4.69) is 12.2 Å². The van der Waals surface area contributed by atoms with Gasteiger partial charge in [0.1, 0.15) is 5.60 Å². The fraction of sp³-hybridized carbons (Fsp3) is 0.900. The molecule has 0 heterocycles.